The minimum absolute atomic E-state index is 0.0572. The molecule has 0 aliphatic heterocycles. The fourth-order valence-corrected chi connectivity index (χ4v) is 1.62. The summed E-state index contributed by atoms with van der Waals surface area (Å²) >= 11 is 0. The van der Waals surface area contributed by atoms with Gasteiger partial charge in [-0.05, 0) is 26.0 Å². The Bertz CT molecular complexity index is 607. The molecule has 0 aliphatic carbocycles. The van der Waals surface area contributed by atoms with Crippen molar-refractivity contribution in [2.24, 2.45) is 0 Å². The van der Waals surface area contributed by atoms with E-state index in [1.165, 1.54) is 22.9 Å². The van der Waals surface area contributed by atoms with Crippen molar-refractivity contribution in [2.75, 3.05) is 5.73 Å². The highest BCUT2D eigenvalue weighted by Crippen LogP contribution is 2.37. The van der Waals surface area contributed by atoms with E-state index in [1.807, 2.05) is 0 Å². The summed E-state index contributed by atoms with van der Waals surface area (Å²) in [5.74, 6) is -0.396. The normalized spacial score (nSPS) is 11.9. The van der Waals surface area contributed by atoms with Gasteiger partial charge in [0.05, 0.1) is 11.6 Å². The number of halogens is 3. The van der Waals surface area contributed by atoms with E-state index in [0.29, 0.717) is 0 Å². The molecule has 1 heterocycles. The Kier molecular flexibility index (Phi) is 3.56. The second-order valence-electron chi connectivity index (χ2n) is 4.39. The Morgan fingerprint density at radius 3 is 2.50 bits per heavy atom. The Hall–Kier alpha value is -2.25. The number of nitrogen functional groups attached to an aromatic ring is 1. The van der Waals surface area contributed by atoms with E-state index in [0.717, 1.165) is 6.07 Å². The molecule has 0 spiro atoms. The molecule has 5 nitrogen and oxygen atoms in total. The first kappa shape index (κ1) is 14.2. The van der Waals surface area contributed by atoms with E-state index in [9.17, 15) is 13.2 Å². The van der Waals surface area contributed by atoms with E-state index in [2.05, 4.69) is 10.1 Å². The predicted octanol–water partition coefficient (Wildman–Crippen LogP) is 3.25. The molecule has 8 heteroatoms. The van der Waals surface area contributed by atoms with Crippen LogP contribution in [0.15, 0.2) is 24.3 Å². The summed E-state index contributed by atoms with van der Waals surface area (Å²) in [6.45, 7) is 3.58. The predicted molar refractivity (Wildman–Crippen MR) is 66.3 cm³/mol. The van der Waals surface area contributed by atoms with Crippen molar-refractivity contribution < 1.29 is 17.9 Å². The molecule has 2 aromatic rings. The second-order valence-corrected chi connectivity index (χ2v) is 4.39. The van der Waals surface area contributed by atoms with Gasteiger partial charge in [0.15, 0.2) is 0 Å². The van der Waals surface area contributed by atoms with Crippen LogP contribution in [0.1, 0.15) is 25.5 Å². The first-order valence-electron chi connectivity index (χ1n) is 5.85. The molecule has 0 amide bonds. The van der Waals surface area contributed by atoms with E-state index in [4.69, 9.17) is 10.5 Å². The van der Waals surface area contributed by atoms with Gasteiger partial charge < -0.3 is 10.5 Å². The molecule has 108 valence electrons. The molecule has 0 radical (unpaired) electrons. The van der Waals surface area contributed by atoms with E-state index in [1.54, 1.807) is 13.8 Å². The fraction of sp³-hybridized carbons (Fsp3) is 0.333. The van der Waals surface area contributed by atoms with Crippen molar-refractivity contribution in [3.8, 4) is 11.8 Å². The molecular formula is C12H13F3N4O. The van der Waals surface area contributed by atoms with Gasteiger partial charge in [-0.2, -0.15) is 18.2 Å². The van der Waals surface area contributed by atoms with Gasteiger partial charge in [0.1, 0.15) is 5.75 Å². The average molecular weight is 286 g/mol. The quantitative estimate of drug-likeness (QED) is 0.940. The lowest BCUT2D eigenvalue weighted by Gasteiger charge is -2.14. The summed E-state index contributed by atoms with van der Waals surface area (Å²) in [4.78, 5) is 3.79. The fourth-order valence-electron chi connectivity index (χ4n) is 1.62. The monoisotopic (exact) mass is 286 g/mol. The van der Waals surface area contributed by atoms with Crippen LogP contribution in [0, 0.1) is 0 Å². The lowest BCUT2D eigenvalue weighted by Crippen LogP contribution is -2.09. The molecule has 2 rings (SSSR count). The summed E-state index contributed by atoms with van der Waals surface area (Å²) < 4.78 is 45.2. The zero-order valence-corrected chi connectivity index (χ0v) is 10.8. The maximum atomic E-state index is 12.9. The number of nitrogens with two attached hydrogens (primary N) is 1. The Morgan fingerprint density at radius 1 is 1.25 bits per heavy atom. The van der Waals surface area contributed by atoms with Gasteiger partial charge in [-0.3, -0.25) is 0 Å². The van der Waals surface area contributed by atoms with Gasteiger partial charge in [-0.15, -0.1) is 5.10 Å². The van der Waals surface area contributed by atoms with Gasteiger partial charge >= 0.3 is 12.2 Å². The van der Waals surface area contributed by atoms with Crippen molar-refractivity contribution in [3.05, 3.63) is 29.8 Å². The molecular weight excluding hydrogens is 273 g/mol. The minimum atomic E-state index is -4.51. The molecule has 0 saturated heterocycles. The Labute approximate surface area is 113 Å². The third-order valence-corrected chi connectivity index (χ3v) is 2.50. The van der Waals surface area contributed by atoms with Crippen molar-refractivity contribution in [2.45, 2.75) is 26.1 Å². The average Bonchev–Trinajstić information content (AvgIpc) is 2.70. The summed E-state index contributed by atoms with van der Waals surface area (Å²) in [6.07, 6.45) is -4.51. The smallest absolute Gasteiger partial charge is 0.419 e. The molecule has 0 unspecified atom stereocenters. The standard InChI is InChI=1S/C12H13F3N4O/c1-7(2)19-11(17-10(16)18-19)20-9-6-4-3-5-8(9)12(13,14)15/h3-7H,1-2H3,(H2,16,18). The highest BCUT2D eigenvalue weighted by Gasteiger charge is 2.34. The third-order valence-electron chi connectivity index (χ3n) is 2.50. The molecule has 0 fully saturated rings. The van der Waals surface area contributed by atoms with Crippen LogP contribution in [0.4, 0.5) is 19.1 Å². The molecule has 0 saturated carbocycles. The van der Waals surface area contributed by atoms with Gasteiger partial charge in [0.2, 0.25) is 5.95 Å². The largest absolute Gasteiger partial charge is 0.424 e. The van der Waals surface area contributed by atoms with Crippen LogP contribution in [0.25, 0.3) is 0 Å². The molecule has 0 aliphatic rings. The van der Waals surface area contributed by atoms with Gasteiger partial charge in [-0.1, -0.05) is 12.1 Å². The second kappa shape index (κ2) is 5.03. The van der Waals surface area contributed by atoms with Gasteiger partial charge in [0.25, 0.3) is 0 Å². The maximum absolute atomic E-state index is 12.9. The Balaban J connectivity index is 2.41. The molecule has 1 aromatic heterocycles. The highest BCUT2D eigenvalue weighted by atomic mass is 19.4. The van der Waals surface area contributed by atoms with Crippen LogP contribution in [0.5, 0.6) is 11.8 Å². The van der Waals surface area contributed by atoms with Crippen LogP contribution in [0.3, 0.4) is 0 Å². The molecule has 20 heavy (non-hydrogen) atoms. The van der Waals surface area contributed by atoms with Gasteiger partial charge in [0, 0.05) is 0 Å². The molecule has 2 N–H and O–H groups in total. The van der Waals surface area contributed by atoms with Gasteiger partial charge in [-0.25, -0.2) is 4.68 Å². The van der Waals surface area contributed by atoms with Crippen molar-refractivity contribution in [3.63, 3.8) is 0 Å². The SMILES string of the molecule is CC(C)n1nc(N)nc1Oc1ccccc1C(F)(F)F. The lowest BCUT2D eigenvalue weighted by atomic mass is 10.2. The van der Waals surface area contributed by atoms with Crippen LogP contribution in [0.2, 0.25) is 0 Å². The van der Waals surface area contributed by atoms with Crippen LogP contribution >= 0.6 is 0 Å². The summed E-state index contributed by atoms with van der Waals surface area (Å²) in [6, 6.07) is 4.68. The number of aromatic nitrogens is 3. The first-order chi connectivity index (χ1) is 9.29. The topological polar surface area (TPSA) is 66.0 Å². The zero-order chi connectivity index (χ0) is 14.9. The zero-order valence-electron chi connectivity index (χ0n) is 10.8. The number of benzene rings is 1. The molecule has 1 aromatic carbocycles. The van der Waals surface area contributed by atoms with Crippen LogP contribution < -0.4 is 10.5 Å². The lowest BCUT2D eigenvalue weighted by molar-refractivity contribution is -0.138. The summed E-state index contributed by atoms with van der Waals surface area (Å²) in [5.41, 5.74) is 4.57. The number of alkyl halides is 3. The number of rotatable bonds is 3. The number of para-hydroxylation sites is 1. The maximum Gasteiger partial charge on any atom is 0.419 e. The van der Waals surface area contributed by atoms with Crippen molar-refractivity contribution >= 4 is 5.95 Å². The van der Waals surface area contributed by atoms with Crippen LogP contribution in [-0.2, 0) is 6.18 Å². The summed E-state index contributed by atoms with van der Waals surface area (Å²) in [7, 11) is 0. The molecule has 0 bridgehead atoms. The Morgan fingerprint density at radius 2 is 1.90 bits per heavy atom. The minimum Gasteiger partial charge on any atom is -0.424 e. The highest BCUT2D eigenvalue weighted by molar-refractivity contribution is 5.37. The van der Waals surface area contributed by atoms with Crippen molar-refractivity contribution in [1.29, 1.82) is 0 Å². The third kappa shape index (κ3) is 2.84. The van der Waals surface area contributed by atoms with E-state index in [-0.39, 0.29) is 23.8 Å². The van der Waals surface area contributed by atoms with Crippen LogP contribution in [-0.4, -0.2) is 14.8 Å². The number of ether oxygens (including phenoxy) is 1. The van der Waals surface area contributed by atoms with E-state index < -0.39 is 11.7 Å². The first-order valence-corrected chi connectivity index (χ1v) is 5.85. The van der Waals surface area contributed by atoms with Crippen molar-refractivity contribution in [1.82, 2.24) is 14.8 Å². The number of nitrogens with zero attached hydrogens (tertiary/aromatic N) is 3. The van der Waals surface area contributed by atoms with E-state index >= 15 is 0 Å². The number of hydrogen-bond acceptors (Lipinski definition) is 4. The molecule has 0 atom stereocenters. The summed E-state index contributed by atoms with van der Waals surface area (Å²) in [5, 5.41) is 3.88. The number of hydrogen-bond donors (Lipinski definition) is 1. The number of anilines is 1.